The van der Waals surface area contributed by atoms with Crippen LogP contribution in [0.2, 0.25) is 0 Å². The van der Waals surface area contributed by atoms with Crippen molar-refractivity contribution < 1.29 is 14.3 Å². The lowest BCUT2D eigenvalue weighted by Crippen LogP contribution is -2.06. The van der Waals surface area contributed by atoms with Gasteiger partial charge in [-0.2, -0.15) is 5.10 Å². The summed E-state index contributed by atoms with van der Waals surface area (Å²) in [6, 6.07) is 5.48. The predicted octanol–water partition coefficient (Wildman–Crippen LogP) is 2.25. The Morgan fingerprint density at radius 1 is 1.42 bits per heavy atom. The van der Waals surface area contributed by atoms with E-state index in [2.05, 4.69) is 5.10 Å². The molecular weight excluding hydrogens is 244 g/mol. The number of methoxy groups -OCH3 is 1. The summed E-state index contributed by atoms with van der Waals surface area (Å²) in [5.41, 5.74) is 1.50. The summed E-state index contributed by atoms with van der Waals surface area (Å²) in [6.07, 6.45) is 2.69. The number of carbonyl (C=O) groups is 1. The average molecular weight is 262 g/mol. The molecular formula is C14H18N2O3. The summed E-state index contributed by atoms with van der Waals surface area (Å²) >= 11 is 0. The Hall–Kier alpha value is -1.88. The normalized spacial score (nSPS) is 10.8. The second-order valence-corrected chi connectivity index (χ2v) is 4.21. The van der Waals surface area contributed by atoms with Crippen LogP contribution in [0.4, 0.5) is 0 Å². The number of fused-ring (bicyclic) bond motifs is 1. The minimum atomic E-state index is -0.297. The van der Waals surface area contributed by atoms with Crippen LogP contribution in [0.3, 0.4) is 0 Å². The van der Waals surface area contributed by atoms with Gasteiger partial charge in [-0.3, -0.25) is 4.68 Å². The summed E-state index contributed by atoms with van der Waals surface area (Å²) in [5.74, 6) is -0.297. The van der Waals surface area contributed by atoms with Gasteiger partial charge < -0.3 is 9.47 Å². The van der Waals surface area contributed by atoms with Gasteiger partial charge in [-0.15, -0.1) is 0 Å². The van der Waals surface area contributed by atoms with Crippen molar-refractivity contribution in [1.29, 1.82) is 0 Å². The highest BCUT2D eigenvalue weighted by atomic mass is 16.5. The highest BCUT2D eigenvalue weighted by Gasteiger charge is 2.09. The van der Waals surface area contributed by atoms with Crippen LogP contribution in [0.1, 0.15) is 23.7 Å². The van der Waals surface area contributed by atoms with Crippen molar-refractivity contribution in [2.24, 2.45) is 0 Å². The van der Waals surface area contributed by atoms with Gasteiger partial charge in [0, 0.05) is 25.6 Å². The zero-order valence-corrected chi connectivity index (χ0v) is 11.3. The lowest BCUT2D eigenvalue weighted by molar-refractivity contribution is 0.0526. The predicted molar refractivity (Wildman–Crippen MR) is 72.2 cm³/mol. The third-order valence-corrected chi connectivity index (χ3v) is 2.87. The number of nitrogens with zero attached hydrogens (tertiary/aromatic N) is 2. The van der Waals surface area contributed by atoms with Crippen LogP contribution >= 0.6 is 0 Å². The van der Waals surface area contributed by atoms with E-state index >= 15 is 0 Å². The maximum Gasteiger partial charge on any atom is 0.338 e. The van der Waals surface area contributed by atoms with Crippen molar-refractivity contribution in [2.45, 2.75) is 19.9 Å². The molecule has 0 fully saturated rings. The van der Waals surface area contributed by atoms with Crippen LogP contribution in [0.15, 0.2) is 24.4 Å². The molecule has 2 rings (SSSR count). The van der Waals surface area contributed by atoms with Crippen molar-refractivity contribution >= 4 is 16.9 Å². The molecule has 0 bridgehead atoms. The molecule has 0 N–H and O–H groups in total. The molecule has 0 aliphatic rings. The number of hydrogen-bond acceptors (Lipinski definition) is 4. The molecule has 1 aromatic carbocycles. The Kier molecular flexibility index (Phi) is 4.52. The lowest BCUT2D eigenvalue weighted by atomic mass is 10.1. The molecule has 2 aromatic rings. The van der Waals surface area contributed by atoms with Crippen LogP contribution in [-0.2, 0) is 16.0 Å². The number of esters is 1. The first-order chi connectivity index (χ1) is 9.26. The fourth-order valence-corrected chi connectivity index (χ4v) is 1.95. The van der Waals surface area contributed by atoms with Crippen molar-refractivity contribution in [2.75, 3.05) is 20.3 Å². The Balaban J connectivity index is 2.24. The first kappa shape index (κ1) is 13.5. The van der Waals surface area contributed by atoms with Crippen LogP contribution in [0.25, 0.3) is 10.9 Å². The molecule has 0 spiro atoms. The summed E-state index contributed by atoms with van der Waals surface area (Å²) in [4.78, 5) is 11.7. The largest absolute Gasteiger partial charge is 0.462 e. The maximum atomic E-state index is 11.7. The summed E-state index contributed by atoms with van der Waals surface area (Å²) in [5, 5.41) is 5.34. The second-order valence-electron chi connectivity index (χ2n) is 4.21. The third-order valence-electron chi connectivity index (χ3n) is 2.87. The molecule has 0 aliphatic heterocycles. The van der Waals surface area contributed by atoms with Gasteiger partial charge in [0.1, 0.15) is 0 Å². The molecule has 0 aliphatic carbocycles. The molecule has 5 heteroatoms. The third kappa shape index (κ3) is 3.12. The Labute approximate surface area is 112 Å². The van der Waals surface area contributed by atoms with Crippen molar-refractivity contribution in [1.82, 2.24) is 9.78 Å². The van der Waals surface area contributed by atoms with E-state index in [9.17, 15) is 4.79 Å². The van der Waals surface area contributed by atoms with E-state index in [1.165, 1.54) is 0 Å². The zero-order chi connectivity index (χ0) is 13.7. The van der Waals surface area contributed by atoms with Gasteiger partial charge in [-0.05, 0) is 25.5 Å². The van der Waals surface area contributed by atoms with Crippen molar-refractivity contribution in [3.63, 3.8) is 0 Å². The molecule has 19 heavy (non-hydrogen) atoms. The van der Waals surface area contributed by atoms with Gasteiger partial charge in [0.2, 0.25) is 0 Å². The van der Waals surface area contributed by atoms with Gasteiger partial charge in [-0.25, -0.2) is 4.79 Å². The number of aryl methyl sites for hydroxylation is 1. The molecule has 0 saturated heterocycles. The molecule has 0 amide bonds. The summed E-state index contributed by atoms with van der Waals surface area (Å²) < 4.78 is 11.9. The first-order valence-corrected chi connectivity index (χ1v) is 6.38. The topological polar surface area (TPSA) is 53.3 Å². The monoisotopic (exact) mass is 262 g/mol. The molecule has 0 unspecified atom stereocenters. The maximum absolute atomic E-state index is 11.7. The van der Waals surface area contributed by atoms with Crippen LogP contribution < -0.4 is 0 Å². The SMILES string of the molecule is CCOC(=O)c1ccc2cnn(CCCOC)c2c1. The average Bonchev–Trinajstić information content (AvgIpc) is 2.82. The Morgan fingerprint density at radius 2 is 2.26 bits per heavy atom. The summed E-state index contributed by atoms with van der Waals surface area (Å²) in [7, 11) is 1.68. The second kappa shape index (κ2) is 6.33. The van der Waals surface area contributed by atoms with E-state index in [1.807, 2.05) is 16.8 Å². The molecule has 5 nitrogen and oxygen atoms in total. The first-order valence-electron chi connectivity index (χ1n) is 6.38. The summed E-state index contributed by atoms with van der Waals surface area (Å²) in [6.45, 7) is 3.64. The molecule has 1 heterocycles. The van der Waals surface area contributed by atoms with Crippen LogP contribution in [0, 0.1) is 0 Å². The Bertz CT molecular complexity index is 563. The van der Waals surface area contributed by atoms with E-state index in [-0.39, 0.29) is 5.97 Å². The van der Waals surface area contributed by atoms with Crippen molar-refractivity contribution in [3.05, 3.63) is 30.0 Å². The number of carbonyl (C=O) groups excluding carboxylic acids is 1. The molecule has 1 aromatic heterocycles. The van der Waals surface area contributed by atoms with Gasteiger partial charge in [-0.1, -0.05) is 6.07 Å². The lowest BCUT2D eigenvalue weighted by Gasteiger charge is -2.05. The standard InChI is InChI=1S/C14H18N2O3/c1-3-19-14(17)11-5-6-12-10-15-16(13(12)9-11)7-4-8-18-2/h5-6,9-10H,3-4,7-8H2,1-2H3. The van der Waals surface area contributed by atoms with E-state index in [0.717, 1.165) is 23.9 Å². The van der Waals surface area contributed by atoms with E-state index in [4.69, 9.17) is 9.47 Å². The van der Waals surface area contributed by atoms with E-state index in [0.29, 0.717) is 18.8 Å². The highest BCUT2D eigenvalue weighted by molar-refractivity contribution is 5.94. The molecule has 0 atom stereocenters. The van der Waals surface area contributed by atoms with Gasteiger partial charge >= 0.3 is 5.97 Å². The van der Waals surface area contributed by atoms with Crippen molar-refractivity contribution in [3.8, 4) is 0 Å². The Morgan fingerprint density at radius 3 is 3.00 bits per heavy atom. The van der Waals surface area contributed by atoms with Crippen LogP contribution in [0.5, 0.6) is 0 Å². The van der Waals surface area contributed by atoms with E-state index in [1.54, 1.807) is 26.3 Å². The number of hydrogen-bond donors (Lipinski definition) is 0. The zero-order valence-electron chi connectivity index (χ0n) is 11.3. The minimum absolute atomic E-state index is 0.297. The van der Waals surface area contributed by atoms with Gasteiger partial charge in [0.15, 0.2) is 0 Å². The fourth-order valence-electron chi connectivity index (χ4n) is 1.95. The van der Waals surface area contributed by atoms with Gasteiger partial charge in [0.05, 0.1) is 23.9 Å². The molecule has 0 radical (unpaired) electrons. The van der Waals surface area contributed by atoms with Gasteiger partial charge in [0.25, 0.3) is 0 Å². The van der Waals surface area contributed by atoms with E-state index < -0.39 is 0 Å². The molecule has 0 saturated carbocycles. The quantitative estimate of drug-likeness (QED) is 0.592. The number of ether oxygens (including phenoxy) is 2. The highest BCUT2D eigenvalue weighted by Crippen LogP contribution is 2.17. The number of rotatable bonds is 6. The minimum Gasteiger partial charge on any atom is -0.462 e. The van der Waals surface area contributed by atoms with Crippen LogP contribution in [-0.4, -0.2) is 36.1 Å². The fraction of sp³-hybridized carbons (Fsp3) is 0.429. The number of benzene rings is 1. The number of aromatic nitrogens is 2. The smallest absolute Gasteiger partial charge is 0.338 e. The molecule has 102 valence electrons.